The molecule has 11 heavy (non-hydrogen) atoms. The van der Waals surface area contributed by atoms with Crippen molar-refractivity contribution >= 4 is 15.9 Å². The third-order valence-electron chi connectivity index (χ3n) is 1.41. The predicted octanol–water partition coefficient (Wildman–Crippen LogP) is 2.76. The molecule has 0 aliphatic rings. The molecule has 0 saturated heterocycles. The van der Waals surface area contributed by atoms with Crippen molar-refractivity contribution in [3.63, 3.8) is 0 Å². The molecule has 0 saturated carbocycles. The predicted molar refractivity (Wildman–Crippen MR) is 49.3 cm³/mol. The summed E-state index contributed by atoms with van der Waals surface area (Å²) in [6.07, 6.45) is 0.831. The van der Waals surface area contributed by atoms with E-state index >= 15 is 0 Å². The van der Waals surface area contributed by atoms with Gasteiger partial charge in [0.25, 0.3) is 0 Å². The van der Waals surface area contributed by atoms with E-state index in [1.807, 2.05) is 18.2 Å². The summed E-state index contributed by atoms with van der Waals surface area (Å²) in [6.45, 7) is 0. The highest BCUT2D eigenvalue weighted by atomic mass is 79.9. The van der Waals surface area contributed by atoms with E-state index in [4.69, 9.17) is 4.74 Å². The largest absolute Gasteiger partial charge is 0.363 e. The summed E-state index contributed by atoms with van der Waals surface area (Å²) in [5.41, 5.74) is 1.25. The van der Waals surface area contributed by atoms with Crippen LogP contribution in [-0.2, 0) is 11.2 Å². The molecule has 0 aliphatic heterocycles. The third kappa shape index (κ3) is 3.04. The molecule has 0 fully saturated rings. The minimum absolute atomic E-state index is 0.831. The van der Waals surface area contributed by atoms with Crippen molar-refractivity contribution in [2.24, 2.45) is 0 Å². The number of methoxy groups -OCH3 is 1. The summed E-state index contributed by atoms with van der Waals surface area (Å²) < 4.78 is 4.99. The van der Waals surface area contributed by atoms with Crippen molar-refractivity contribution in [1.29, 1.82) is 0 Å². The van der Waals surface area contributed by atoms with Gasteiger partial charge in [-0.15, -0.1) is 0 Å². The maximum absolute atomic E-state index is 4.99. The van der Waals surface area contributed by atoms with E-state index in [0.717, 1.165) is 11.4 Å². The van der Waals surface area contributed by atoms with E-state index in [1.54, 1.807) is 7.11 Å². The molecule has 1 rings (SSSR count). The Morgan fingerprint density at radius 2 is 2.00 bits per heavy atom. The first-order valence-electron chi connectivity index (χ1n) is 3.42. The lowest BCUT2D eigenvalue weighted by molar-refractivity contribution is 0.257. The average molecular weight is 214 g/mol. The minimum Gasteiger partial charge on any atom is -0.363 e. The summed E-state index contributed by atoms with van der Waals surface area (Å²) in [6, 6.07) is 10.2. The quantitative estimate of drug-likeness (QED) is 0.751. The van der Waals surface area contributed by atoms with Crippen LogP contribution in [0.15, 0.2) is 30.3 Å². The molecule has 1 aromatic carbocycles. The number of hydrogen-bond donors (Lipinski definition) is 0. The molecule has 0 aromatic heterocycles. The van der Waals surface area contributed by atoms with Gasteiger partial charge in [-0.05, 0) is 21.5 Å². The topological polar surface area (TPSA) is 9.23 Å². The maximum Gasteiger partial charge on any atom is 0.165 e. The lowest BCUT2D eigenvalue weighted by atomic mass is 10.2. The van der Waals surface area contributed by atoms with E-state index < -0.39 is 0 Å². The zero-order valence-electron chi connectivity index (χ0n) is 6.38. The molecule has 0 bridgehead atoms. The molecule has 0 aliphatic carbocycles. The van der Waals surface area contributed by atoms with Gasteiger partial charge in [-0.2, -0.15) is 0 Å². The zero-order valence-corrected chi connectivity index (χ0v) is 7.97. The summed E-state index contributed by atoms with van der Waals surface area (Å²) >= 11 is 3.31. The van der Waals surface area contributed by atoms with Crippen LogP contribution in [0.2, 0.25) is 0 Å². The molecular weight excluding hydrogens is 204 g/mol. The van der Waals surface area contributed by atoms with Gasteiger partial charge in [0.2, 0.25) is 0 Å². The molecule has 0 atom stereocenters. The van der Waals surface area contributed by atoms with Crippen LogP contribution in [0.4, 0.5) is 0 Å². The molecule has 0 spiro atoms. The Hall–Kier alpha value is -0.340. The highest BCUT2D eigenvalue weighted by Gasteiger charge is 2.02. The number of halogens is 1. The van der Waals surface area contributed by atoms with Crippen molar-refractivity contribution in [3.8, 4) is 0 Å². The second kappa shape index (κ2) is 4.52. The van der Waals surface area contributed by atoms with Gasteiger partial charge in [0.1, 0.15) is 0 Å². The van der Waals surface area contributed by atoms with Crippen LogP contribution in [-0.4, -0.2) is 7.11 Å². The Morgan fingerprint density at radius 1 is 1.36 bits per heavy atom. The number of benzene rings is 1. The summed E-state index contributed by atoms with van der Waals surface area (Å²) in [5, 5.41) is 0.865. The molecule has 0 N–H and O–H groups in total. The fraction of sp³-hybridized carbons (Fsp3) is 0.222. The van der Waals surface area contributed by atoms with Crippen molar-refractivity contribution < 1.29 is 4.74 Å². The van der Waals surface area contributed by atoms with Gasteiger partial charge in [-0.3, -0.25) is 0 Å². The van der Waals surface area contributed by atoms with Gasteiger partial charge in [-0.25, -0.2) is 0 Å². The highest BCUT2D eigenvalue weighted by Crippen LogP contribution is 2.16. The van der Waals surface area contributed by atoms with Crippen LogP contribution in [0.25, 0.3) is 0 Å². The SMILES string of the molecule is CO[C](Br)Cc1ccccc1. The monoisotopic (exact) mass is 213 g/mol. The van der Waals surface area contributed by atoms with Gasteiger partial charge in [0.15, 0.2) is 5.01 Å². The van der Waals surface area contributed by atoms with Gasteiger partial charge in [-0.1, -0.05) is 30.3 Å². The first kappa shape index (κ1) is 8.75. The van der Waals surface area contributed by atoms with Crippen molar-refractivity contribution in [2.45, 2.75) is 6.42 Å². The molecule has 1 aromatic rings. The fourth-order valence-electron chi connectivity index (χ4n) is 0.829. The van der Waals surface area contributed by atoms with Crippen LogP contribution >= 0.6 is 15.9 Å². The first-order valence-corrected chi connectivity index (χ1v) is 4.21. The van der Waals surface area contributed by atoms with Gasteiger partial charge >= 0.3 is 0 Å². The average Bonchev–Trinajstić information content (AvgIpc) is 2.06. The maximum atomic E-state index is 4.99. The molecule has 0 heterocycles. The Kier molecular flexibility index (Phi) is 3.60. The van der Waals surface area contributed by atoms with Gasteiger partial charge < -0.3 is 4.74 Å². The zero-order chi connectivity index (χ0) is 8.10. The highest BCUT2D eigenvalue weighted by molar-refractivity contribution is 9.11. The lowest BCUT2D eigenvalue weighted by Crippen LogP contribution is -1.94. The summed E-state index contributed by atoms with van der Waals surface area (Å²) in [5.74, 6) is 0. The second-order valence-corrected chi connectivity index (χ2v) is 3.11. The smallest absolute Gasteiger partial charge is 0.165 e. The Balaban J connectivity index is 2.51. The number of hydrogen-bond acceptors (Lipinski definition) is 1. The Labute approximate surface area is 75.5 Å². The number of rotatable bonds is 3. The minimum atomic E-state index is 0.831. The first-order chi connectivity index (χ1) is 5.33. The number of ether oxygens (including phenoxy) is 1. The Bertz CT molecular complexity index is 198. The fourth-order valence-corrected chi connectivity index (χ4v) is 1.15. The molecule has 0 amide bonds. The summed E-state index contributed by atoms with van der Waals surface area (Å²) in [4.78, 5) is 0. The van der Waals surface area contributed by atoms with E-state index in [9.17, 15) is 0 Å². The van der Waals surface area contributed by atoms with E-state index in [0.29, 0.717) is 0 Å². The van der Waals surface area contributed by atoms with E-state index in [1.165, 1.54) is 5.56 Å². The third-order valence-corrected chi connectivity index (χ3v) is 2.01. The van der Waals surface area contributed by atoms with Crippen LogP contribution in [0.1, 0.15) is 5.56 Å². The molecule has 1 radical (unpaired) electrons. The van der Waals surface area contributed by atoms with Crippen molar-refractivity contribution in [2.75, 3.05) is 7.11 Å². The molecular formula is C9H10BrO. The Morgan fingerprint density at radius 3 is 2.55 bits per heavy atom. The van der Waals surface area contributed by atoms with Crippen LogP contribution < -0.4 is 0 Å². The van der Waals surface area contributed by atoms with Crippen LogP contribution in [0, 0.1) is 5.01 Å². The van der Waals surface area contributed by atoms with Crippen LogP contribution in [0.5, 0.6) is 0 Å². The lowest BCUT2D eigenvalue weighted by Gasteiger charge is -2.04. The molecule has 1 nitrogen and oxygen atoms in total. The molecule has 0 unspecified atom stereocenters. The standard InChI is InChI=1S/C9H10BrO/c1-11-9(10)7-8-5-3-2-4-6-8/h2-6H,7H2,1H3. The van der Waals surface area contributed by atoms with Crippen LogP contribution in [0.3, 0.4) is 0 Å². The van der Waals surface area contributed by atoms with Gasteiger partial charge in [0, 0.05) is 13.5 Å². The molecule has 59 valence electrons. The van der Waals surface area contributed by atoms with Gasteiger partial charge in [0.05, 0.1) is 0 Å². The normalized spacial score (nSPS) is 10.5. The molecule has 2 heteroatoms. The second-order valence-electron chi connectivity index (χ2n) is 2.22. The van der Waals surface area contributed by atoms with Crippen molar-refractivity contribution in [3.05, 3.63) is 40.9 Å². The van der Waals surface area contributed by atoms with Crippen molar-refractivity contribution in [1.82, 2.24) is 0 Å². The summed E-state index contributed by atoms with van der Waals surface area (Å²) in [7, 11) is 1.66. The van der Waals surface area contributed by atoms with E-state index in [-0.39, 0.29) is 0 Å². The van der Waals surface area contributed by atoms with E-state index in [2.05, 4.69) is 28.1 Å².